The third-order valence-electron chi connectivity index (χ3n) is 4.89. The first-order valence-corrected chi connectivity index (χ1v) is 8.79. The minimum Gasteiger partial charge on any atom is -0.496 e. The van der Waals surface area contributed by atoms with Crippen molar-refractivity contribution < 1.29 is 9.53 Å². The number of benzene rings is 2. The topological polar surface area (TPSA) is 29.5 Å². The van der Waals surface area contributed by atoms with E-state index in [0.29, 0.717) is 6.04 Å². The van der Waals surface area contributed by atoms with E-state index in [4.69, 9.17) is 4.74 Å². The molecule has 0 aliphatic carbocycles. The van der Waals surface area contributed by atoms with Crippen LogP contribution >= 0.6 is 0 Å². The lowest BCUT2D eigenvalue weighted by molar-refractivity contribution is 0.0608. The summed E-state index contributed by atoms with van der Waals surface area (Å²) < 4.78 is 5.50. The predicted octanol–water partition coefficient (Wildman–Crippen LogP) is 4.77. The Kier molecular flexibility index (Phi) is 5.19. The number of rotatable bonds is 4. The average Bonchev–Trinajstić information content (AvgIpc) is 2.67. The second-order valence-electron chi connectivity index (χ2n) is 6.34. The smallest absolute Gasteiger partial charge is 0.254 e. The fraction of sp³-hybridized carbons (Fsp3) is 0.381. The lowest BCUT2D eigenvalue weighted by atomic mass is 9.97. The van der Waals surface area contributed by atoms with Gasteiger partial charge in [0.25, 0.3) is 5.91 Å². The summed E-state index contributed by atoms with van der Waals surface area (Å²) in [5.41, 5.74) is 2.78. The number of hydrogen-bond donors (Lipinski definition) is 0. The van der Waals surface area contributed by atoms with Gasteiger partial charge >= 0.3 is 0 Å². The molecule has 1 atom stereocenters. The molecule has 0 unspecified atom stereocenters. The van der Waals surface area contributed by atoms with Gasteiger partial charge in [0.15, 0.2) is 0 Å². The van der Waals surface area contributed by atoms with E-state index in [-0.39, 0.29) is 5.91 Å². The van der Waals surface area contributed by atoms with Gasteiger partial charge in [0.1, 0.15) is 5.75 Å². The standard InChI is InChI=1S/C21H25NO2/c1-3-18-11-7-8-14-22(18)21(23)17-12-13-20(24-2)19(15-17)16-9-5-4-6-10-16/h4-6,9-10,12-13,15,18H,3,7-8,11,14H2,1-2H3/t18-/m0/s1. The highest BCUT2D eigenvalue weighted by atomic mass is 16.5. The minimum atomic E-state index is 0.140. The summed E-state index contributed by atoms with van der Waals surface area (Å²) >= 11 is 0. The molecule has 3 nitrogen and oxygen atoms in total. The van der Waals surface area contributed by atoms with Crippen LogP contribution in [0.1, 0.15) is 43.0 Å². The van der Waals surface area contributed by atoms with E-state index < -0.39 is 0 Å². The Labute approximate surface area is 144 Å². The molecule has 3 rings (SSSR count). The van der Waals surface area contributed by atoms with E-state index in [1.165, 1.54) is 6.42 Å². The van der Waals surface area contributed by atoms with Crippen molar-refractivity contribution >= 4 is 5.91 Å². The van der Waals surface area contributed by atoms with Crippen LogP contribution in [0.5, 0.6) is 5.75 Å². The number of piperidine rings is 1. The highest BCUT2D eigenvalue weighted by molar-refractivity contribution is 5.96. The molecule has 3 heteroatoms. The number of ether oxygens (including phenoxy) is 1. The molecular weight excluding hydrogens is 298 g/mol. The molecular formula is C21H25NO2. The lowest BCUT2D eigenvalue weighted by Gasteiger charge is -2.35. The van der Waals surface area contributed by atoms with Crippen molar-refractivity contribution in [3.8, 4) is 16.9 Å². The van der Waals surface area contributed by atoms with Crippen molar-refractivity contribution in [2.24, 2.45) is 0 Å². The first-order valence-electron chi connectivity index (χ1n) is 8.79. The SMILES string of the molecule is CC[C@H]1CCCCN1C(=O)c1ccc(OC)c(-c2ccccc2)c1. The second kappa shape index (κ2) is 7.52. The third kappa shape index (κ3) is 3.30. The highest BCUT2D eigenvalue weighted by Gasteiger charge is 2.26. The molecule has 1 amide bonds. The van der Waals surface area contributed by atoms with Gasteiger partial charge in [-0.05, 0) is 49.4 Å². The van der Waals surface area contributed by atoms with E-state index in [1.807, 2.05) is 48.5 Å². The molecule has 0 spiro atoms. The first-order chi connectivity index (χ1) is 11.7. The van der Waals surface area contributed by atoms with Gasteiger partial charge in [0.05, 0.1) is 7.11 Å². The Morgan fingerprint density at radius 1 is 1.17 bits per heavy atom. The minimum absolute atomic E-state index is 0.140. The van der Waals surface area contributed by atoms with Crippen molar-refractivity contribution in [1.82, 2.24) is 4.90 Å². The van der Waals surface area contributed by atoms with Crippen LogP contribution < -0.4 is 4.74 Å². The molecule has 1 heterocycles. The number of carbonyl (C=O) groups excluding carboxylic acids is 1. The number of amides is 1. The zero-order chi connectivity index (χ0) is 16.9. The van der Waals surface area contributed by atoms with E-state index in [1.54, 1.807) is 7.11 Å². The maximum atomic E-state index is 13.0. The van der Waals surface area contributed by atoms with Gasteiger partial charge in [-0.25, -0.2) is 0 Å². The maximum absolute atomic E-state index is 13.0. The normalized spacial score (nSPS) is 17.6. The van der Waals surface area contributed by atoms with Crippen LogP contribution in [0.25, 0.3) is 11.1 Å². The van der Waals surface area contributed by atoms with Gasteiger partial charge in [-0.1, -0.05) is 37.3 Å². The fourth-order valence-electron chi connectivity index (χ4n) is 3.54. The Morgan fingerprint density at radius 2 is 1.96 bits per heavy atom. The predicted molar refractivity (Wildman–Crippen MR) is 97.4 cm³/mol. The zero-order valence-corrected chi connectivity index (χ0v) is 14.5. The quantitative estimate of drug-likeness (QED) is 0.811. The summed E-state index contributed by atoms with van der Waals surface area (Å²) in [4.78, 5) is 15.1. The van der Waals surface area contributed by atoms with Crippen LogP contribution in [-0.2, 0) is 0 Å². The van der Waals surface area contributed by atoms with Crippen molar-refractivity contribution in [1.29, 1.82) is 0 Å². The van der Waals surface area contributed by atoms with Crippen molar-refractivity contribution in [2.75, 3.05) is 13.7 Å². The lowest BCUT2D eigenvalue weighted by Crippen LogP contribution is -2.43. The van der Waals surface area contributed by atoms with E-state index >= 15 is 0 Å². The monoisotopic (exact) mass is 323 g/mol. The summed E-state index contributed by atoms with van der Waals surface area (Å²) in [6.45, 7) is 3.03. The Hall–Kier alpha value is -2.29. The summed E-state index contributed by atoms with van der Waals surface area (Å²) in [6.07, 6.45) is 4.46. The molecule has 1 saturated heterocycles. The van der Waals surface area contributed by atoms with E-state index in [2.05, 4.69) is 11.8 Å². The van der Waals surface area contributed by atoms with Crippen LogP contribution in [0.4, 0.5) is 0 Å². The molecule has 2 aromatic carbocycles. The molecule has 126 valence electrons. The third-order valence-corrected chi connectivity index (χ3v) is 4.89. The fourth-order valence-corrected chi connectivity index (χ4v) is 3.54. The molecule has 1 aliphatic heterocycles. The van der Waals surface area contributed by atoms with Crippen LogP contribution in [0.15, 0.2) is 48.5 Å². The molecule has 0 bridgehead atoms. The molecule has 0 radical (unpaired) electrons. The Bertz CT molecular complexity index is 696. The van der Waals surface area contributed by atoms with Crippen molar-refractivity contribution in [2.45, 2.75) is 38.6 Å². The Morgan fingerprint density at radius 3 is 2.67 bits per heavy atom. The molecule has 2 aromatic rings. The van der Waals surface area contributed by atoms with Crippen LogP contribution in [0.3, 0.4) is 0 Å². The average molecular weight is 323 g/mol. The molecule has 1 fully saturated rings. The zero-order valence-electron chi connectivity index (χ0n) is 14.5. The first kappa shape index (κ1) is 16.6. The maximum Gasteiger partial charge on any atom is 0.254 e. The van der Waals surface area contributed by atoms with Crippen molar-refractivity contribution in [3.05, 3.63) is 54.1 Å². The summed E-state index contributed by atoms with van der Waals surface area (Å²) in [7, 11) is 1.67. The summed E-state index contributed by atoms with van der Waals surface area (Å²) in [6, 6.07) is 16.2. The van der Waals surface area contributed by atoms with Gasteiger partial charge in [0.2, 0.25) is 0 Å². The molecule has 0 aromatic heterocycles. The number of methoxy groups -OCH3 is 1. The van der Waals surface area contributed by atoms with Gasteiger partial charge in [-0.15, -0.1) is 0 Å². The molecule has 24 heavy (non-hydrogen) atoms. The van der Waals surface area contributed by atoms with Crippen LogP contribution in [0, 0.1) is 0 Å². The second-order valence-corrected chi connectivity index (χ2v) is 6.34. The highest BCUT2D eigenvalue weighted by Crippen LogP contribution is 2.32. The Balaban J connectivity index is 1.95. The van der Waals surface area contributed by atoms with Crippen molar-refractivity contribution in [3.63, 3.8) is 0 Å². The van der Waals surface area contributed by atoms with E-state index in [9.17, 15) is 4.79 Å². The molecule has 0 saturated carbocycles. The van der Waals surface area contributed by atoms with Gasteiger partial charge in [0, 0.05) is 23.7 Å². The summed E-state index contributed by atoms with van der Waals surface area (Å²) in [5.74, 6) is 0.935. The summed E-state index contributed by atoms with van der Waals surface area (Å²) in [5, 5.41) is 0. The van der Waals surface area contributed by atoms with Gasteiger partial charge in [-0.2, -0.15) is 0 Å². The molecule has 1 aliphatic rings. The van der Waals surface area contributed by atoms with Crippen LogP contribution in [-0.4, -0.2) is 30.5 Å². The number of nitrogens with zero attached hydrogens (tertiary/aromatic N) is 1. The molecule has 0 N–H and O–H groups in total. The largest absolute Gasteiger partial charge is 0.496 e. The number of carbonyl (C=O) groups is 1. The van der Waals surface area contributed by atoms with Gasteiger partial charge < -0.3 is 9.64 Å². The number of hydrogen-bond acceptors (Lipinski definition) is 2. The van der Waals surface area contributed by atoms with E-state index in [0.717, 1.165) is 48.2 Å². The number of likely N-dealkylation sites (tertiary alicyclic amines) is 1. The van der Waals surface area contributed by atoms with Gasteiger partial charge in [-0.3, -0.25) is 4.79 Å². The van der Waals surface area contributed by atoms with Crippen LogP contribution in [0.2, 0.25) is 0 Å².